The van der Waals surface area contributed by atoms with Crippen molar-refractivity contribution in [2.75, 3.05) is 17.7 Å². The lowest BCUT2D eigenvalue weighted by Gasteiger charge is -2.10. The van der Waals surface area contributed by atoms with Crippen molar-refractivity contribution in [1.29, 1.82) is 0 Å². The maximum Gasteiger partial charge on any atom is 0.255 e. The van der Waals surface area contributed by atoms with E-state index in [0.717, 1.165) is 29.9 Å². The highest BCUT2D eigenvalue weighted by Crippen LogP contribution is 2.16. The molecule has 0 radical (unpaired) electrons. The Balaban J connectivity index is 2.26. The van der Waals surface area contributed by atoms with Crippen LogP contribution in [-0.2, 0) is 6.42 Å². The molecule has 110 valence electrons. The Labute approximate surface area is 124 Å². The Bertz CT molecular complexity index is 640. The Hall–Kier alpha value is -2.43. The maximum atomic E-state index is 12.4. The topological polar surface area (TPSA) is 66.9 Å². The number of aromatic nitrogens is 2. The molecule has 0 saturated carbocycles. The van der Waals surface area contributed by atoms with Crippen LogP contribution in [-0.4, -0.2) is 22.9 Å². The number of hydrogen-bond donors (Lipinski definition) is 2. The minimum Gasteiger partial charge on any atom is -0.373 e. The molecule has 0 saturated heterocycles. The molecule has 2 rings (SSSR count). The predicted molar refractivity (Wildman–Crippen MR) is 84.7 cm³/mol. The summed E-state index contributed by atoms with van der Waals surface area (Å²) in [4.78, 5) is 21.0. The molecular formula is C16H20N4O. The highest BCUT2D eigenvalue weighted by molar-refractivity contribution is 6.05. The molecule has 5 heteroatoms. The van der Waals surface area contributed by atoms with Gasteiger partial charge in [-0.3, -0.25) is 9.78 Å². The first-order valence-electron chi connectivity index (χ1n) is 7.05. The van der Waals surface area contributed by atoms with Crippen molar-refractivity contribution in [2.45, 2.75) is 26.7 Å². The normalized spacial score (nSPS) is 10.2. The molecule has 2 N–H and O–H groups in total. The van der Waals surface area contributed by atoms with Crippen molar-refractivity contribution >= 4 is 17.4 Å². The Morgan fingerprint density at radius 1 is 1.33 bits per heavy atom. The number of rotatable bonds is 5. The highest BCUT2D eigenvalue weighted by Gasteiger charge is 2.11. The minimum atomic E-state index is -0.151. The summed E-state index contributed by atoms with van der Waals surface area (Å²) in [6, 6.07) is 7.23. The third-order valence-electron chi connectivity index (χ3n) is 3.16. The summed E-state index contributed by atoms with van der Waals surface area (Å²) in [5.41, 5.74) is 3.03. The lowest BCUT2D eigenvalue weighted by molar-refractivity contribution is 0.102. The molecule has 2 heterocycles. The van der Waals surface area contributed by atoms with E-state index in [9.17, 15) is 4.79 Å². The van der Waals surface area contributed by atoms with Gasteiger partial charge in [-0.05, 0) is 37.6 Å². The van der Waals surface area contributed by atoms with E-state index in [1.54, 1.807) is 25.4 Å². The van der Waals surface area contributed by atoms with Gasteiger partial charge in [0.25, 0.3) is 5.91 Å². The minimum absolute atomic E-state index is 0.151. The van der Waals surface area contributed by atoms with Gasteiger partial charge in [0, 0.05) is 24.5 Å². The fourth-order valence-corrected chi connectivity index (χ4v) is 2.04. The van der Waals surface area contributed by atoms with Crippen molar-refractivity contribution in [2.24, 2.45) is 0 Å². The van der Waals surface area contributed by atoms with Crippen LogP contribution in [0.2, 0.25) is 0 Å². The fourth-order valence-electron chi connectivity index (χ4n) is 2.04. The van der Waals surface area contributed by atoms with Gasteiger partial charge in [0.1, 0.15) is 5.82 Å². The summed E-state index contributed by atoms with van der Waals surface area (Å²) >= 11 is 0. The molecule has 0 aliphatic heterocycles. The van der Waals surface area contributed by atoms with Crippen molar-refractivity contribution in [1.82, 2.24) is 9.97 Å². The van der Waals surface area contributed by atoms with Gasteiger partial charge < -0.3 is 10.6 Å². The molecule has 0 bridgehead atoms. The number of carbonyl (C=O) groups excluding carboxylic acids is 1. The zero-order valence-electron chi connectivity index (χ0n) is 12.6. The van der Waals surface area contributed by atoms with E-state index in [-0.39, 0.29) is 5.91 Å². The van der Waals surface area contributed by atoms with Gasteiger partial charge in [-0.2, -0.15) is 0 Å². The first kappa shape index (κ1) is 15.0. The molecule has 2 aromatic heterocycles. The summed E-state index contributed by atoms with van der Waals surface area (Å²) in [5, 5.41) is 5.88. The summed E-state index contributed by atoms with van der Waals surface area (Å²) in [5.74, 6) is 0.552. The zero-order valence-corrected chi connectivity index (χ0v) is 12.6. The summed E-state index contributed by atoms with van der Waals surface area (Å²) < 4.78 is 0. The van der Waals surface area contributed by atoms with Gasteiger partial charge in [-0.15, -0.1) is 0 Å². The van der Waals surface area contributed by atoms with Gasteiger partial charge in [-0.1, -0.05) is 13.3 Å². The van der Waals surface area contributed by atoms with Gasteiger partial charge in [0.05, 0.1) is 11.4 Å². The third kappa shape index (κ3) is 3.78. The van der Waals surface area contributed by atoms with Gasteiger partial charge in [0.2, 0.25) is 0 Å². The highest BCUT2D eigenvalue weighted by atomic mass is 16.1. The first-order chi connectivity index (χ1) is 10.1. The van der Waals surface area contributed by atoms with Crippen LogP contribution in [0.3, 0.4) is 0 Å². The Morgan fingerprint density at radius 3 is 2.81 bits per heavy atom. The molecule has 5 nitrogen and oxygen atoms in total. The van der Waals surface area contributed by atoms with Crippen molar-refractivity contribution in [3.63, 3.8) is 0 Å². The second-order valence-corrected chi connectivity index (χ2v) is 4.82. The van der Waals surface area contributed by atoms with Crippen LogP contribution in [0.4, 0.5) is 11.5 Å². The number of hydrogen-bond acceptors (Lipinski definition) is 4. The van der Waals surface area contributed by atoms with E-state index in [4.69, 9.17) is 0 Å². The van der Waals surface area contributed by atoms with Crippen LogP contribution in [0.15, 0.2) is 30.5 Å². The van der Waals surface area contributed by atoms with Gasteiger partial charge >= 0.3 is 0 Å². The molecule has 0 unspecified atom stereocenters. The Morgan fingerprint density at radius 2 is 2.14 bits per heavy atom. The summed E-state index contributed by atoms with van der Waals surface area (Å²) in [7, 11) is 1.80. The molecule has 0 aromatic carbocycles. The van der Waals surface area contributed by atoms with E-state index >= 15 is 0 Å². The van der Waals surface area contributed by atoms with Crippen molar-refractivity contribution in [3.05, 3.63) is 47.4 Å². The predicted octanol–water partition coefficient (Wildman–Crippen LogP) is 3.03. The number of amides is 1. The van der Waals surface area contributed by atoms with Crippen LogP contribution < -0.4 is 10.6 Å². The average molecular weight is 284 g/mol. The largest absolute Gasteiger partial charge is 0.373 e. The smallest absolute Gasteiger partial charge is 0.255 e. The number of nitrogens with zero attached hydrogens (tertiary/aromatic N) is 2. The molecule has 1 amide bonds. The standard InChI is InChI=1S/C16H20N4O/c1-4-6-13-9-12(10-15(17-3)19-13)16(21)20-14-7-5-8-18-11(14)2/h5,7-10H,4,6H2,1-3H3,(H,17,19)(H,20,21). The molecule has 0 atom stereocenters. The van der Waals surface area contributed by atoms with Crippen LogP contribution >= 0.6 is 0 Å². The van der Waals surface area contributed by atoms with E-state index in [1.165, 1.54) is 0 Å². The quantitative estimate of drug-likeness (QED) is 0.885. The van der Waals surface area contributed by atoms with Crippen LogP contribution in [0, 0.1) is 6.92 Å². The number of nitrogens with one attached hydrogen (secondary N) is 2. The van der Waals surface area contributed by atoms with E-state index in [2.05, 4.69) is 27.5 Å². The molecule has 0 aliphatic carbocycles. The second kappa shape index (κ2) is 6.83. The van der Waals surface area contributed by atoms with E-state index in [1.807, 2.05) is 19.1 Å². The van der Waals surface area contributed by atoms with Gasteiger partial charge in [0.15, 0.2) is 0 Å². The van der Waals surface area contributed by atoms with Crippen molar-refractivity contribution in [3.8, 4) is 0 Å². The summed E-state index contributed by atoms with van der Waals surface area (Å²) in [6.07, 6.45) is 3.54. The summed E-state index contributed by atoms with van der Waals surface area (Å²) in [6.45, 7) is 3.95. The number of anilines is 2. The third-order valence-corrected chi connectivity index (χ3v) is 3.16. The van der Waals surface area contributed by atoms with E-state index in [0.29, 0.717) is 11.4 Å². The molecule has 2 aromatic rings. The first-order valence-corrected chi connectivity index (χ1v) is 7.05. The van der Waals surface area contributed by atoms with Gasteiger partial charge in [-0.25, -0.2) is 4.98 Å². The lowest BCUT2D eigenvalue weighted by Crippen LogP contribution is -2.14. The number of carbonyl (C=O) groups is 1. The van der Waals surface area contributed by atoms with E-state index < -0.39 is 0 Å². The Kier molecular flexibility index (Phi) is 4.87. The number of aryl methyl sites for hydroxylation is 2. The molecule has 21 heavy (non-hydrogen) atoms. The molecule has 0 aliphatic rings. The number of pyridine rings is 2. The second-order valence-electron chi connectivity index (χ2n) is 4.82. The van der Waals surface area contributed by atoms with Crippen LogP contribution in [0.25, 0.3) is 0 Å². The zero-order chi connectivity index (χ0) is 15.2. The maximum absolute atomic E-state index is 12.4. The molecular weight excluding hydrogens is 264 g/mol. The average Bonchev–Trinajstić information content (AvgIpc) is 2.49. The monoisotopic (exact) mass is 284 g/mol. The molecule has 0 fully saturated rings. The molecule has 0 spiro atoms. The van der Waals surface area contributed by atoms with Crippen molar-refractivity contribution < 1.29 is 4.79 Å². The fraction of sp³-hybridized carbons (Fsp3) is 0.312. The van der Waals surface area contributed by atoms with Crippen LogP contribution in [0.5, 0.6) is 0 Å². The SMILES string of the molecule is CCCc1cc(C(=O)Nc2cccnc2C)cc(NC)n1. The lowest BCUT2D eigenvalue weighted by atomic mass is 10.1. The van der Waals surface area contributed by atoms with Crippen LogP contribution in [0.1, 0.15) is 35.1 Å².